The van der Waals surface area contributed by atoms with Gasteiger partial charge in [-0.15, -0.1) is 4.98 Å². The Kier molecular flexibility index (Phi) is 6.81. The predicted molar refractivity (Wildman–Crippen MR) is 144 cm³/mol. The Morgan fingerprint density at radius 1 is 1.18 bits per heavy atom. The summed E-state index contributed by atoms with van der Waals surface area (Å²) in [7, 11) is 1.60. The summed E-state index contributed by atoms with van der Waals surface area (Å²) in [5, 5.41) is 10.6. The van der Waals surface area contributed by atoms with Gasteiger partial charge in [-0.1, -0.05) is 30.3 Å². The average molecular weight is 528 g/mol. The van der Waals surface area contributed by atoms with Gasteiger partial charge in [0.15, 0.2) is 0 Å². The van der Waals surface area contributed by atoms with E-state index < -0.39 is 11.4 Å². The molecule has 4 aromatic rings. The minimum atomic E-state index is -0.408. The largest absolute Gasteiger partial charge is 0.364 e. The standard InChI is InChI=1S/C28H23ClFN7O/c1-17-16-36(27-21(14-31)28(38)35(3)23-10-11-24(32-2)34-25(23)27)12-13-37(17)26(18-4-6-19(29)7-5-18)22-9-8-20(30)15-33-22/h4-11,15,17,26H,12-13,16H2,1,3H3/t17-,26?/m1/s1. The van der Waals surface area contributed by atoms with Crippen LogP contribution in [0.2, 0.25) is 5.02 Å². The summed E-state index contributed by atoms with van der Waals surface area (Å²) in [5.74, 6) is -0.215. The van der Waals surface area contributed by atoms with E-state index in [4.69, 9.17) is 18.2 Å². The van der Waals surface area contributed by atoms with Gasteiger partial charge in [0.25, 0.3) is 11.4 Å². The highest BCUT2D eigenvalue weighted by Crippen LogP contribution is 2.35. The first-order valence-electron chi connectivity index (χ1n) is 12.0. The summed E-state index contributed by atoms with van der Waals surface area (Å²) >= 11 is 6.14. The fourth-order valence-electron chi connectivity index (χ4n) is 5.14. The molecule has 1 aliphatic heterocycles. The van der Waals surface area contributed by atoms with Gasteiger partial charge in [-0.05, 0) is 48.9 Å². The molecular weight excluding hydrogens is 505 g/mol. The van der Waals surface area contributed by atoms with E-state index in [2.05, 4.69) is 32.7 Å². The van der Waals surface area contributed by atoms with E-state index in [1.54, 1.807) is 25.2 Å². The monoisotopic (exact) mass is 527 g/mol. The maximum absolute atomic E-state index is 13.7. The van der Waals surface area contributed by atoms with E-state index in [1.807, 2.05) is 29.2 Å². The number of nitrogens with zero attached hydrogens (tertiary/aromatic N) is 7. The first-order valence-corrected chi connectivity index (χ1v) is 12.4. The highest BCUT2D eigenvalue weighted by molar-refractivity contribution is 6.30. The van der Waals surface area contributed by atoms with E-state index >= 15 is 0 Å². The zero-order valence-corrected chi connectivity index (χ0v) is 21.5. The number of aromatic nitrogens is 3. The van der Waals surface area contributed by atoms with Crippen LogP contribution in [-0.2, 0) is 7.05 Å². The molecule has 2 atom stereocenters. The van der Waals surface area contributed by atoms with Gasteiger partial charge >= 0.3 is 0 Å². The molecular formula is C28H23ClFN7O. The van der Waals surface area contributed by atoms with Crippen LogP contribution in [-0.4, -0.2) is 45.1 Å². The van der Waals surface area contributed by atoms with Crippen LogP contribution in [0, 0.1) is 23.7 Å². The van der Waals surface area contributed by atoms with Crippen LogP contribution in [0.4, 0.5) is 15.9 Å². The first kappa shape index (κ1) is 25.3. The molecule has 8 nitrogen and oxygen atoms in total. The van der Waals surface area contributed by atoms with Crippen LogP contribution in [0.1, 0.15) is 29.8 Å². The molecule has 0 saturated carbocycles. The Morgan fingerprint density at radius 3 is 2.58 bits per heavy atom. The van der Waals surface area contributed by atoms with E-state index in [-0.39, 0.29) is 23.5 Å². The number of rotatable bonds is 4. The quantitative estimate of drug-likeness (QED) is 0.353. The van der Waals surface area contributed by atoms with Gasteiger partial charge in [-0.25, -0.2) is 4.39 Å². The van der Waals surface area contributed by atoms with Crippen molar-refractivity contribution < 1.29 is 4.39 Å². The zero-order chi connectivity index (χ0) is 27.0. The molecule has 0 amide bonds. The molecule has 38 heavy (non-hydrogen) atoms. The molecule has 0 spiro atoms. The molecule has 5 rings (SSSR count). The molecule has 0 radical (unpaired) electrons. The number of hydrogen-bond acceptors (Lipinski definition) is 6. The van der Waals surface area contributed by atoms with Crippen molar-refractivity contribution in [3.8, 4) is 6.07 Å². The lowest BCUT2D eigenvalue weighted by molar-refractivity contribution is 0.147. The minimum Gasteiger partial charge on any atom is -0.364 e. The molecule has 1 aromatic carbocycles. The SMILES string of the molecule is [C-]#[N+]c1ccc2c(n1)c(N1CCN(C(c3ccc(Cl)cc3)c3ccc(F)cn3)[C@H](C)C1)c(C#N)c(=O)n2C. The van der Waals surface area contributed by atoms with Crippen molar-refractivity contribution in [1.82, 2.24) is 19.4 Å². The Labute approximate surface area is 224 Å². The fourth-order valence-corrected chi connectivity index (χ4v) is 5.26. The third-order valence-electron chi connectivity index (χ3n) is 6.97. The van der Waals surface area contributed by atoms with E-state index in [0.29, 0.717) is 47.1 Å². The van der Waals surface area contributed by atoms with Crippen molar-refractivity contribution in [2.24, 2.45) is 7.05 Å². The highest BCUT2D eigenvalue weighted by Gasteiger charge is 2.35. The molecule has 190 valence electrons. The van der Waals surface area contributed by atoms with Crippen molar-refractivity contribution in [3.05, 3.63) is 104 Å². The van der Waals surface area contributed by atoms with Crippen molar-refractivity contribution >= 4 is 34.1 Å². The fraction of sp³-hybridized carbons (Fsp3) is 0.250. The summed E-state index contributed by atoms with van der Waals surface area (Å²) in [6.07, 6.45) is 1.21. The molecule has 10 heteroatoms. The second kappa shape index (κ2) is 10.2. The van der Waals surface area contributed by atoms with Crippen LogP contribution < -0.4 is 10.5 Å². The van der Waals surface area contributed by atoms with Gasteiger partial charge in [-0.2, -0.15) is 5.26 Å². The molecule has 4 heterocycles. The maximum atomic E-state index is 13.7. The lowest BCUT2D eigenvalue weighted by Gasteiger charge is -2.44. The molecule has 3 aromatic heterocycles. The number of fused-ring (bicyclic) bond motifs is 1. The van der Waals surface area contributed by atoms with Crippen LogP contribution in [0.5, 0.6) is 0 Å². The third kappa shape index (κ3) is 4.47. The Morgan fingerprint density at radius 2 is 1.95 bits per heavy atom. The summed E-state index contributed by atoms with van der Waals surface area (Å²) < 4.78 is 15.1. The average Bonchev–Trinajstić information content (AvgIpc) is 2.93. The lowest BCUT2D eigenvalue weighted by Crippen LogP contribution is -2.53. The topological polar surface area (TPSA) is 82.4 Å². The van der Waals surface area contributed by atoms with Crippen LogP contribution in [0.15, 0.2) is 59.5 Å². The van der Waals surface area contributed by atoms with E-state index in [0.717, 1.165) is 5.56 Å². The summed E-state index contributed by atoms with van der Waals surface area (Å²) in [4.78, 5) is 29.7. The van der Waals surface area contributed by atoms with E-state index in [9.17, 15) is 14.4 Å². The van der Waals surface area contributed by atoms with Gasteiger partial charge in [0, 0.05) is 37.7 Å². The van der Waals surface area contributed by atoms with Gasteiger partial charge in [0.05, 0.1) is 23.4 Å². The first-order chi connectivity index (χ1) is 18.3. The number of nitriles is 1. The van der Waals surface area contributed by atoms with E-state index in [1.165, 1.54) is 16.8 Å². The number of anilines is 1. The van der Waals surface area contributed by atoms with Crippen molar-refractivity contribution in [1.29, 1.82) is 5.26 Å². The maximum Gasteiger partial charge on any atom is 0.271 e. The Balaban J connectivity index is 1.56. The zero-order valence-electron chi connectivity index (χ0n) is 20.8. The van der Waals surface area contributed by atoms with Crippen LogP contribution in [0.25, 0.3) is 15.9 Å². The van der Waals surface area contributed by atoms with Crippen molar-refractivity contribution in [3.63, 3.8) is 0 Å². The summed E-state index contributed by atoms with van der Waals surface area (Å²) in [5.41, 5.74) is 2.73. The normalized spacial score (nSPS) is 16.7. The number of pyridine rings is 3. The number of piperazine rings is 1. The second-order valence-electron chi connectivity index (χ2n) is 9.24. The molecule has 1 aliphatic rings. The van der Waals surface area contributed by atoms with Crippen LogP contribution in [0.3, 0.4) is 0 Å². The minimum absolute atomic E-state index is 0.00438. The highest BCUT2D eigenvalue weighted by atomic mass is 35.5. The molecule has 0 bridgehead atoms. The number of hydrogen-bond donors (Lipinski definition) is 0. The predicted octanol–water partition coefficient (Wildman–Crippen LogP) is 4.84. The van der Waals surface area contributed by atoms with Gasteiger partial charge in [-0.3, -0.25) is 14.7 Å². The molecule has 1 saturated heterocycles. The molecule has 1 fully saturated rings. The smallest absolute Gasteiger partial charge is 0.271 e. The number of aryl methyl sites for hydroxylation is 1. The van der Waals surface area contributed by atoms with Crippen molar-refractivity contribution in [2.45, 2.75) is 19.0 Å². The number of halogens is 2. The van der Waals surface area contributed by atoms with Crippen molar-refractivity contribution in [2.75, 3.05) is 24.5 Å². The Hall–Kier alpha value is -4.31. The Bertz CT molecular complexity index is 1610. The molecule has 1 unspecified atom stereocenters. The summed E-state index contributed by atoms with van der Waals surface area (Å²) in [6.45, 7) is 11.0. The lowest BCUT2D eigenvalue weighted by atomic mass is 9.97. The summed E-state index contributed by atoms with van der Waals surface area (Å²) in [6, 6.07) is 15.6. The molecule has 0 N–H and O–H groups in total. The van der Waals surface area contributed by atoms with Gasteiger partial charge in [0.1, 0.15) is 23.1 Å². The third-order valence-corrected chi connectivity index (χ3v) is 7.22. The second-order valence-corrected chi connectivity index (χ2v) is 9.67. The van der Waals surface area contributed by atoms with Gasteiger partial charge in [0.2, 0.25) is 5.52 Å². The number of benzene rings is 1. The molecule has 0 aliphatic carbocycles. The van der Waals surface area contributed by atoms with Gasteiger partial charge < -0.3 is 14.3 Å². The van der Waals surface area contributed by atoms with Crippen LogP contribution >= 0.6 is 11.6 Å².